The van der Waals surface area contributed by atoms with Crippen molar-refractivity contribution in [2.24, 2.45) is 0 Å². The number of Topliss-reactive ketones (excluding diaryl/α,β-unsaturated/α-hetero) is 1. The van der Waals surface area contributed by atoms with Crippen LogP contribution in [0.5, 0.6) is 0 Å². The number of carbonyl (C=O) groups excluding carboxylic acids is 1. The normalized spacial score (nSPS) is 15.8. The lowest BCUT2D eigenvalue weighted by Gasteiger charge is -2.22. The average Bonchev–Trinajstić information content (AvgIpc) is 3.10. The molecule has 1 aromatic carbocycles. The highest BCUT2D eigenvalue weighted by molar-refractivity contribution is 9.10. The molecule has 2 nitrogen and oxygen atoms in total. The van der Waals surface area contributed by atoms with Crippen molar-refractivity contribution in [3.05, 3.63) is 34.3 Å². The zero-order chi connectivity index (χ0) is 14.0. The Balaban J connectivity index is 2.03. The molecule has 0 amide bonds. The minimum absolute atomic E-state index is 0.0993. The summed E-state index contributed by atoms with van der Waals surface area (Å²) in [5.74, 6) is -0.280. The summed E-state index contributed by atoms with van der Waals surface area (Å²) in [6.07, 6.45) is -2.79. The summed E-state index contributed by atoms with van der Waals surface area (Å²) in [5.41, 5.74) is 0.433. The molecule has 0 saturated heterocycles. The second kappa shape index (κ2) is 5.63. The zero-order valence-electron chi connectivity index (χ0n) is 10.1. The lowest BCUT2D eigenvalue weighted by atomic mass is 10.1. The van der Waals surface area contributed by atoms with Crippen molar-refractivity contribution in [3.8, 4) is 0 Å². The van der Waals surface area contributed by atoms with Crippen LogP contribution >= 0.6 is 15.9 Å². The maximum absolute atomic E-state index is 12.5. The summed E-state index contributed by atoms with van der Waals surface area (Å²) >= 11 is 3.24. The molecule has 0 bridgehead atoms. The van der Waals surface area contributed by atoms with Crippen molar-refractivity contribution in [1.29, 1.82) is 0 Å². The summed E-state index contributed by atoms with van der Waals surface area (Å²) in [6, 6.07) is 6.61. The van der Waals surface area contributed by atoms with Crippen LogP contribution in [0.25, 0.3) is 0 Å². The first-order valence-electron chi connectivity index (χ1n) is 5.95. The Bertz CT molecular complexity index is 471. The molecule has 0 heterocycles. The number of halogens is 4. The molecule has 0 atom stereocenters. The van der Waals surface area contributed by atoms with Crippen molar-refractivity contribution in [2.75, 3.05) is 13.1 Å². The predicted molar refractivity (Wildman–Crippen MR) is 69.1 cm³/mol. The summed E-state index contributed by atoms with van der Waals surface area (Å²) in [5, 5.41) is 0. The van der Waals surface area contributed by atoms with E-state index >= 15 is 0 Å². The van der Waals surface area contributed by atoms with Gasteiger partial charge in [-0.3, -0.25) is 9.69 Å². The Hall–Kier alpha value is -0.880. The maximum atomic E-state index is 12.5. The third-order valence-electron chi connectivity index (χ3n) is 2.94. The maximum Gasteiger partial charge on any atom is 0.401 e. The number of rotatable bonds is 5. The van der Waals surface area contributed by atoms with Crippen LogP contribution < -0.4 is 0 Å². The number of alkyl halides is 3. The minimum Gasteiger partial charge on any atom is -0.293 e. The van der Waals surface area contributed by atoms with Crippen molar-refractivity contribution >= 4 is 21.7 Å². The minimum atomic E-state index is -4.26. The molecule has 1 aliphatic carbocycles. The van der Waals surface area contributed by atoms with E-state index in [0.717, 1.165) is 17.3 Å². The quantitative estimate of drug-likeness (QED) is 0.765. The molecule has 2 rings (SSSR count). The molecule has 0 aliphatic heterocycles. The van der Waals surface area contributed by atoms with Crippen molar-refractivity contribution < 1.29 is 18.0 Å². The van der Waals surface area contributed by atoms with E-state index in [1.165, 1.54) is 4.90 Å². The van der Waals surface area contributed by atoms with E-state index in [1.54, 1.807) is 24.3 Å². The lowest BCUT2D eigenvalue weighted by Crippen LogP contribution is -2.39. The van der Waals surface area contributed by atoms with Gasteiger partial charge in [-0.25, -0.2) is 0 Å². The van der Waals surface area contributed by atoms with Crippen LogP contribution in [-0.2, 0) is 0 Å². The molecule has 19 heavy (non-hydrogen) atoms. The Morgan fingerprint density at radius 1 is 1.37 bits per heavy atom. The number of hydrogen-bond donors (Lipinski definition) is 0. The van der Waals surface area contributed by atoms with Gasteiger partial charge in [0.25, 0.3) is 0 Å². The summed E-state index contributed by atoms with van der Waals surface area (Å²) in [6.45, 7) is -1.20. The highest BCUT2D eigenvalue weighted by Crippen LogP contribution is 2.30. The van der Waals surface area contributed by atoms with Gasteiger partial charge in [-0.1, -0.05) is 28.1 Å². The molecule has 6 heteroatoms. The van der Waals surface area contributed by atoms with Gasteiger partial charge in [0.1, 0.15) is 0 Å². The molecule has 0 radical (unpaired) electrons. The van der Waals surface area contributed by atoms with Crippen LogP contribution in [0.15, 0.2) is 28.7 Å². The summed E-state index contributed by atoms with van der Waals surface area (Å²) < 4.78 is 38.1. The van der Waals surface area contributed by atoms with E-state index in [1.807, 2.05) is 0 Å². The highest BCUT2D eigenvalue weighted by atomic mass is 79.9. The summed E-state index contributed by atoms with van der Waals surface area (Å²) in [4.78, 5) is 13.2. The van der Waals surface area contributed by atoms with E-state index in [0.29, 0.717) is 5.56 Å². The first-order valence-corrected chi connectivity index (χ1v) is 6.74. The predicted octanol–water partition coefficient (Wildman–Crippen LogP) is 3.66. The van der Waals surface area contributed by atoms with Crippen molar-refractivity contribution in [2.45, 2.75) is 25.1 Å². The number of hydrogen-bond acceptors (Lipinski definition) is 2. The number of ketones is 1. The molecule has 0 spiro atoms. The smallest absolute Gasteiger partial charge is 0.293 e. The van der Waals surface area contributed by atoms with Crippen LogP contribution in [-0.4, -0.2) is 36.0 Å². The Kier molecular flexibility index (Phi) is 4.30. The molecule has 1 fully saturated rings. The fourth-order valence-corrected chi connectivity index (χ4v) is 2.32. The fourth-order valence-electron chi connectivity index (χ4n) is 1.92. The van der Waals surface area contributed by atoms with E-state index in [2.05, 4.69) is 15.9 Å². The molecule has 1 aliphatic rings. The van der Waals surface area contributed by atoms with Gasteiger partial charge in [-0.2, -0.15) is 13.2 Å². The van der Waals surface area contributed by atoms with Gasteiger partial charge in [0.2, 0.25) is 0 Å². The summed E-state index contributed by atoms with van der Waals surface area (Å²) in [7, 11) is 0. The van der Waals surface area contributed by atoms with Gasteiger partial charge < -0.3 is 0 Å². The third kappa shape index (κ3) is 4.62. The SMILES string of the molecule is O=C(CN(CC(F)(F)F)C1CC1)c1cccc(Br)c1. The number of nitrogens with zero attached hydrogens (tertiary/aromatic N) is 1. The molecule has 104 valence electrons. The first-order chi connectivity index (χ1) is 8.85. The van der Waals surface area contributed by atoms with Gasteiger partial charge in [0.15, 0.2) is 5.78 Å². The van der Waals surface area contributed by atoms with Crippen molar-refractivity contribution in [1.82, 2.24) is 4.90 Å². The van der Waals surface area contributed by atoms with Gasteiger partial charge in [0.05, 0.1) is 13.1 Å². The van der Waals surface area contributed by atoms with Gasteiger partial charge in [-0.15, -0.1) is 0 Å². The van der Waals surface area contributed by atoms with E-state index < -0.39 is 12.7 Å². The van der Waals surface area contributed by atoms with Gasteiger partial charge in [-0.05, 0) is 25.0 Å². The van der Waals surface area contributed by atoms with E-state index in [9.17, 15) is 18.0 Å². The second-order valence-electron chi connectivity index (χ2n) is 4.68. The van der Waals surface area contributed by atoms with Crippen LogP contribution in [0.2, 0.25) is 0 Å². The molecular weight excluding hydrogens is 323 g/mol. The number of benzene rings is 1. The average molecular weight is 336 g/mol. The monoisotopic (exact) mass is 335 g/mol. The van der Waals surface area contributed by atoms with E-state index in [-0.39, 0.29) is 18.4 Å². The topological polar surface area (TPSA) is 20.3 Å². The van der Waals surface area contributed by atoms with Crippen LogP contribution in [0.3, 0.4) is 0 Å². The van der Waals surface area contributed by atoms with Gasteiger partial charge in [0, 0.05) is 16.1 Å². The van der Waals surface area contributed by atoms with Crippen LogP contribution in [0, 0.1) is 0 Å². The standard InChI is InChI=1S/C13H13BrF3NO/c14-10-3-1-2-9(6-10)12(19)7-18(11-4-5-11)8-13(15,16)17/h1-3,6,11H,4-5,7-8H2. The van der Waals surface area contributed by atoms with Crippen LogP contribution in [0.4, 0.5) is 13.2 Å². The molecule has 1 saturated carbocycles. The molecule has 0 unspecified atom stereocenters. The van der Waals surface area contributed by atoms with Crippen molar-refractivity contribution in [3.63, 3.8) is 0 Å². The third-order valence-corrected chi connectivity index (χ3v) is 3.43. The molecular formula is C13H13BrF3NO. The first kappa shape index (κ1) is 14.5. The Morgan fingerprint density at radius 3 is 2.58 bits per heavy atom. The lowest BCUT2D eigenvalue weighted by molar-refractivity contribution is -0.145. The Morgan fingerprint density at radius 2 is 2.05 bits per heavy atom. The Labute approximate surface area is 117 Å². The highest BCUT2D eigenvalue weighted by Gasteiger charge is 2.38. The van der Waals surface area contributed by atoms with Gasteiger partial charge >= 0.3 is 6.18 Å². The zero-order valence-corrected chi connectivity index (χ0v) is 11.7. The fraction of sp³-hybridized carbons (Fsp3) is 0.462. The second-order valence-corrected chi connectivity index (χ2v) is 5.60. The number of carbonyl (C=O) groups is 1. The van der Waals surface area contributed by atoms with Crippen LogP contribution in [0.1, 0.15) is 23.2 Å². The molecule has 0 aromatic heterocycles. The van der Waals surface area contributed by atoms with E-state index in [4.69, 9.17) is 0 Å². The molecule has 0 N–H and O–H groups in total. The molecule has 1 aromatic rings. The largest absolute Gasteiger partial charge is 0.401 e.